The highest BCUT2D eigenvalue weighted by Crippen LogP contribution is 2.27. The highest BCUT2D eigenvalue weighted by atomic mass is 32.2. The van der Waals surface area contributed by atoms with E-state index in [9.17, 15) is 4.79 Å². The zero-order valence-corrected chi connectivity index (χ0v) is 13.3. The Morgan fingerprint density at radius 1 is 1.41 bits per heavy atom. The third-order valence-electron chi connectivity index (χ3n) is 3.01. The standard InChI is InChI=1S/C14H17N3O4S/c1-9(20-2)13-15-16-14(22-8-12(18)19)17(13)10-5-4-6-11(7-10)21-3/h4-7,9H,8H2,1-3H3,(H,18,19)/t9-/m0/s1. The van der Waals surface area contributed by atoms with E-state index in [-0.39, 0.29) is 11.9 Å². The first-order valence-corrected chi connectivity index (χ1v) is 7.52. The molecule has 0 aliphatic carbocycles. The van der Waals surface area contributed by atoms with Crippen LogP contribution in [0.4, 0.5) is 0 Å². The summed E-state index contributed by atoms with van der Waals surface area (Å²) in [6.07, 6.45) is -0.280. The Morgan fingerprint density at radius 3 is 2.82 bits per heavy atom. The largest absolute Gasteiger partial charge is 0.497 e. The second kappa shape index (κ2) is 7.28. The van der Waals surface area contributed by atoms with Crippen LogP contribution in [-0.4, -0.2) is 45.8 Å². The van der Waals surface area contributed by atoms with Gasteiger partial charge in [-0.15, -0.1) is 10.2 Å². The van der Waals surface area contributed by atoms with Crippen LogP contribution in [0.1, 0.15) is 18.9 Å². The Labute approximate surface area is 132 Å². The van der Waals surface area contributed by atoms with Crippen LogP contribution in [0.3, 0.4) is 0 Å². The van der Waals surface area contributed by atoms with Crippen molar-refractivity contribution in [3.63, 3.8) is 0 Å². The molecule has 0 radical (unpaired) electrons. The molecule has 0 saturated heterocycles. The average Bonchev–Trinajstić information content (AvgIpc) is 2.96. The molecule has 1 N–H and O–H groups in total. The van der Waals surface area contributed by atoms with E-state index >= 15 is 0 Å². The first-order chi connectivity index (χ1) is 10.6. The minimum Gasteiger partial charge on any atom is -0.497 e. The number of nitrogens with zero attached hydrogens (tertiary/aromatic N) is 3. The third-order valence-corrected chi connectivity index (χ3v) is 3.93. The summed E-state index contributed by atoms with van der Waals surface area (Å²) < 4.78 is 12.3. The zero-order chi connectivity index (χ0) is 16.1. The number of aromatic nitrogens is 3. The van der Waals surface area contributed by atoms with E-state index in [1.807, 2.05) is 31.2 Å². The molecule has 8 heteroatoms. The topological polar surface area (TPSA) is 86.5 Å². The Morgan fingerprint density at radius 2 is 2.18 bits per heavy atom. The van der Waals surface area contributed by atoms with E-state index in [1.165, 1.54) is 0 Å². The Bertz CT molecular complexity index is 659. The van der Waals surface area contributed by atoms with Crippen molar-refractivity contribution in [2.45, 2.75) is 18.2 Å². The molecular formula is C14H17N3O4S. The highest BCUT2D eigenvalue weighted by Gasteiger charge is 2.20. The normalized spacial score (nSPS) is 12.1. The van der Waals surface area contributed by atoms with Gasteiger partial charge in [-0.3, -0.25) is 9.36 Å². The molecule has 118 valence electrons. The van der Waals surface area contributed by atoms with Gasteiger partial charge in [-0.2, -0.15) is 0 Å². The van der Waals surface area contributed by atoms with E-state index in [4.69, 9.17) is 14.6 Å². The fourth-order valence-corrected chi connectivity index (χ4v) is 2.54. The van der Waals surface area contributed by atoms with E-state index in [0.29, 0.717) is 16.7 Å². The van der Waals surface area contributed by atoms with Gasteiger partial charge in [0, 0.05) is 13.2 Å². The molecule has 0 amide bonds. The van der Waals surface area contributed by atoms with E-state index in [1.54, 1.807) is 18.8 Å². The van der Waals surface area contributed by atoms with E-state index in [2.05, 4.69) is 10.2 Å². The van der Waals surface area contributed by atoms with Gasteiger partial charge in [0.05, 0.1) is 18.6 Å². The van der Waals surface area contributed by atoms with Crippen molar-refractivity contribution >= 4 is 17.7 Å². The molecule has 0 fully saturated rings. The van der Waals surface area contributed by atoms with Gasteiger partial charge in [0.25, 0.3) is 0 Å². The number of hydrogen-bond donors (Lipinski definition) is 1. The molecule has 22 heavy (non-hydrogen) atoms. The number of carboxylic acid groups (broad SMARTS) is 1. The van der Waals surface area contributed by atoms with Crippen LogP contribution in [0, 0.1) is 0 Å². The number of benzene rings is 1. The molecule has 0 aliphatic rings. The molecular weight excluding hydrogens is 306 g/mol. The summed E-state index contributed by atoms with van der Waals surface area (Å²) in [4.78, 5) is 10.8. The predicted molar refractivity (Wildman–Crippen MR) is 81.7 cm³/mol. The number of aliphatic carboxylic acids is 1. The number of carboxylic acids is 1. The van der Waals surface area contributed by atoms with Crippen molar-refractivity contribution in [1.29, 1.82) is 0 Å². The summed E-state index contributed by atoms with van der Waals surface area (Å²) in [5.74, 6) is 0.287. The molecule has 0 aliphatic heterocycles. The molecule has 2 rings (SSSR count). The number of rotatable bonds is 7. The summed E-state index contributed by atoms with van der Waals surface area (Å²) in [5.41, 5.74) is 0.788. The second-order valence-corrected chi connectivity index (χ2v) is 5.38. The van der Waals surface area contributed by atoms with Gasteiger partial charge in [0.15, 0.2) is 11.0 Å². The molecule has 2 aromatic rings. The fourth-order valence-electron chi connectivity index (χ4n) is 1.86. The molecule has 0 unspecified atom stereocenters. The van der Waals surface area contributed by atoms with Gasteiger partial charge in [0.1, 0.15) is 11.9 Å². The highest BCUT2D eigenvalue weighted by molar-refractivity contribution is 7.99. The van der Waals surface area contributed by atoms with Crippen LogP contribution in [0.15, 0.2) is 29.4 Å². The Hall–Kier alpha value is -2.06. The minimum atomic E-state index is -0.911. The van der Waals surface area contributed by atoms with Gasteiger partial charge in [-0.1, -0.05) is 17.8 Å². The molecule has 0 saturated carbocycles. The van der Waals surface area contributed by atoms with Crippen molar-refractivity contribution in [2.24, 2.45) is 0 Å². The molecule has 7 nitrogen and oxygen atoms in total. The second-order valence-electron chi connectivity index (χ2n) is 4.44. The monoisotopic (exact) mass is 323 g/mol. The summed E-state index contributed by atoms with van der Waals surface area (Å²) >= 11 is 1.11. The van der Waals surface area contributed by atoms with Crippen molar-refractivity contribution in [3.05, 3.63) is 30.1 Å². The van der Waals surface area contributed by atoms with Crippen molar-refractivity contribution in [3.8, 4) is 11.4 Å². The number of methoxy groups -OCH3 is 2. The average molecular weight is 323 g/mol. The van der Waals surface area contributed by atoms with Crippen LogP contribution in [0.2, 0.25) is 0 Å². The van der Waals surface area contributed by atoms with Crippen molar-refractivity contribution < 1.29 is 19.4 Å². The lowest BCUT2D eigenvalue weighted by atomic mass is 10.3. The van der Waals surface area contributed by atoms with Gasteiger partial charge in [-0.25, -0.2) is 0 Å². The summed E-state index contributed by atoms with van der Waals surface area (Å²) in [5, 5.41) is 17.6. The number of carbonyl (C=O) groups is 1. The minimum absolute atomic E-state index is 0.0938. The number of ether oxygens (including phenoxy) is 2. The first-order valence-electron chi connectivity index (χ1n) is 6.54. The smallest absolute Gasteiger partial charge is 0.313 e. The molecule has 1 aromatic carbocycles. The number of thioether (sulfide) groups is 1. The lowest BCUT2D eigenvalue weighted by molar-refractivity contribution is -0.133. The van der Waals surface area contributed by atoms with Gasteiger partial charge >= 0.3 is 5.97 Å². The zero-order valence-electron chi connectivity index (χ0n) is 12.5. The van der Waals surface area contributed by atoms with Crippen molar-refractivity contribution in [1.82, 2.24) is 14.8 Å². The molecule has 0 spiro atoms. The molecule has 1 heterocycles. The maximum Gasteiger partial charge on any atom is 0.313 e. The third kappa shape index (κ3) is 3.58. The van der Waals surface area contributed by atoms with Crippen LogP contribution >= 0.6 is 11.8 Å². The lowest BCUT2D eigenvalue weighted by Gasteiger charge is -2.14. The Balaban J connectivity index is 2.48. The maximum absolute atomic E-state index is 10.8. The van der Waals surface area contributed by atoms with Crippen LogP contribution < -0.4 is 4.74 Å². The summed E-state index contributed by atoms with van der Waals surface area (Å²) in [6, 6.07) is 7.39. The van der Waals surface area contributed by atoms with Crippen molar-refractivity contribution in [2.75, 3.05) is 20.0 Å². The van der Waals surface area contributed by atoms with E-state index in [0.717, 1.165) is 17.4 Å². The predicted octanol–water partition coefficient (Wildman–Crippen LogP) is 2.16. The fraction of sp³-hybridized carbons (Fsp3) is 0.357. The van der Waals surface area contributed by atoms with Crippen LogP contribution in [0.25, 0.3) is 5.69 Å². The molecule has 1 aromatic heterocycles. The summed E-state index contributed by atoms with van der Waals surface area (Å²) in [7, 11) is 3.17. The van der Waals surface area contributed by atoms with Gasteiger partial charge in [0.2, 0.25) is 0 Å². The first kappa shape index (κ1) is 16.3. The maximum atomic E-state index is 10.8. The summed E-state index contributed by atoms with van der Waals surface area (Å²) in [6.45, 7) is 1.85. The SMILES string of the molecule is COc1cccc(-n2c(SCC(=O)O)nnc2[C@H](C)OC)c1. The Kier molecular flexibility index (Phi) is 5.40. The van der Waals surface area contributed by atoms with E-state index < -0.39 is 5.97 Å². The van der Waals surface area contributed by atoms with Crippen LogP contribution in [-0.2, 0) is 9.53 Å². The molecule has 1 atom stereocenters. The lowest BCUT2D eigenvalue weighted by Crippen LogP contribution is -2.08. The molecule has 0 bridgehead atoms. The van der Waals surface area contributed by atoms with Gasteiger partial charge < -0.3 is 14.6 Å². The quantitative estimate of drug-likeness (QED) is 0.781. The van der Waals surface area contributed by atoms with Crippen LogP contribution in [0.5, 0.6) is 5.75 Å². The van der Waals surface area contributed by atoms with Gasteiger partial charge in [-0.05, 0) is 19.1 Å². The number of hydrogen-bond acceptors (Lipinski definition) is 6.